The van der Waals surface area contributed by atoms with E-state index in [1.807, 2.05) is 0 Å². The van der Waals surface area contributed by atoms with Crippen molar-refractivity contribution in [2.75, 3.05) is 14.2 Å². The molecule has 0 spiro atoms. The molecule has 0 heterocycles. The number of aliphatic hydroxyl groups is 1. The van der Waals surface area contributed by atoms with E-state index in [0.29, 0.717) is 0 Å². The predicted octanol–water partition coefficient (Wildman–Crippen LogP) is 1.34. The smallest absolute Gasteiger partial charge is 0.111 e. The molecule has 0 saturated carbocycles. The maximum atomic E-state index is 7.00. The minimum Gasteiger partial charge on any atom is -0.400 e. The fraction of sp³-hybridized carbons (Fsp3) is 1.00. The molecule has 4 heteroatoms. The van der Waals surface area contributed by atoms with Crippen LogP contribution in [0.4, 0.5) is 0 Å². The van der Waals surface area contributed by atoms with Gasteiger partial charge in [-0.1, -0.05) is 32.7 Å². The molecule has 0 aliphatic rings. The van der Waals surface area contributed by atoms with E-state index in [1.54, 1.807) is 0 Å². The van der Waals surface area contributed by atoms with Gasteiger partial charge in [0.05, 0.1) is 8.96 Å². The molecule has 0 radical (unpaired) electrons. The van der Waals surface area contributed by atoms with Gasteiger partial charge in [0.15, 0.2) is 0 Å². The summed E-state index contributed by atoms with van der Waals surface area (Å²) < 4.78 is 2.63. The van der Waals surface area contributed by atoms with Crippen molar-refractivity contribution < 1.29 is 5.11 Å². The normalized spacial score (nSPS) is 11.5. The van der Waals surface area contributed by atoms with Gasteiger partial charge in [-0.3, -0.25) is 0 Å². The molecule has 0 aliphatic heterocycles. The minimum atomic E-state index is -0.929. The van der Waals surface area contributed by atoms with Gasteiger partial charge in [0.1, 0.15) is 8.24 Å². The van der Waals surface area contributed by atoms with Gasteiger partial charge in [-0.2, -0.15) is 0 Å². The first-order valence-corrected chi connectivity index (χ1v) is 10.3. The highest BCUT2D eigenvalue weighted by atomic mass is 28.4. The number of rotatable bonds is 2. The second kappa shape index (κ2) is 5.94. The summed E-state index contributed by atoms with van der Waals surface area (Å²) in [6, 6.07) is 0. The average Bonchev–Trinajstić information content (AvgIpc) is 1.89. The van der Waals surface area contributed by atoms with Crippen LogP contribution in [0.25, 0.3) is 0 Å². The van der Waals surface area contributed by atoms with Gasteiger partial charge in [0.25, 0.3) is 0 Å². The molecule has 0 atom stereocenters. The lowest BCUT2D eigenvalue weighted by Crippen LogP contribution is -2.49. The Labute approximate surface area is 74.0 Å². The van der Waals surface area contributed by atoms with Gasteiger partial charge in [0.2, 0.25) is 0 Å². The first-order valence-electron chi connectivity index (χ1n) is 4.03. The van der Waals surface area contributed by atoms with Crippen LogP contribution in [0.2, 0.25) is 32.7 Å². The Bertz CT molecular complexity index is 90.9. The summed E-state index contributed by atoms with van der Waals surface area (Å²) in [4.78, 5) is 0. The van der Waals surface area contributed by atoms with E-state index in [9.17, 15) is 0 Å². The molecule has 0 fully saturated rings. The van der Waals surface area contributed by atoms with Gasteiger partial charge < -0.3 is 9.34 Å². The van der Waals surface area contributed by atoms with Gasteiger partial charge in [0, 0.05) is 7.11 Å². The van der Waals surface area contributed by atoms with Crippen molar-refractivity contribution >= 4 is 17.2 Å². The molecule has 1 N–H and O–H groups in total. The van der Waals surface area contributed by atoms with E-state index in [-0.39, 0.29) is 0 Å². The molecule has 0 aliphatic carbocycles. The van der Waals surface area contributed by atoms with E-state index in [4.69, 9.17) is 5.11 Å². The second-order valence-electron chi connectivity index (χ2n) is 3.88. The highest BCUT2D eigenvalue weighted by molar-refractivity contribution is 6.82. The molecular weight excluding hydrogens is 170 g/mol. The lowest BCUT2D eigenvalue weighted by atomic mass is 11.6. The fourth-order valence-corrected chi connectivity index (χ4v) is 6.97. The number of hydrogen-bond donors (Lipinski definition) is 1. The van der Waals surface area contributed by atoms with Crippen LogP contribution >= 0.6 is 0 Å². The average molecular weight is 193 g/mol. The highest BCUT2D eigenvalue weighted by Gasteiger charge is 2.21. The Morgan fingerprint density at radius 3 is 1.36 bits per heavy atom. The molecular formula is C7H23NOSi2. The zero-order chi connectivity index (χ0) is 9.65. The zero-order valence-corrected chi connectivity index (χ0v) is 11.1. The Balaban J connectivity index is 0. The van der Waals surface area contributed by atoms with Crippen LogP contribution in [0, 0.1) is 0 Å². The molecule has 0 saturated heterocycles. The van der Waals surface area contributed by atoms with Crippen LogP contribution in [-0.2, 0) is 0 Å². The van der Waals surface area contributed by atoms with Crippen molar-refractivity contribution in [2.45, 2.75) is 32.7 Å². The Kier molecular flexibility index (Phi) is 7.51. The third kappa shape index (κ3) is 6.74. The van der Waals surface area contributed by atoms with Gasteiger partial charge in [-0.25, -0.2) is 0 Å². The summed E-state index contributed by atoms with van der Waals surface area (Å²) >= 11 is 0. The molecule has 2 nitrogen and oxygen atoms in total. The fourth-order valence-electron chi connectivity index (χ4n) is 0.775. The van der Waals surface area contributed by atoms with Crippen LogP contribution in [0.3, 0.4) is 0 Å². The molecule has 0 unspecified atom stereocenters. The largest absolute Gasteiger partial charge is 0.400 e. The molecule has 0 bridgehead atoms. The molecule has 0 aromatic heterocycles. The predicted molar refractivity (Wildman–Crippen MR) is 58.1 cm³/mol. The standard InChI is InChI=1S/C6H19NSi2.CH4O/c1-7(8(2)3)9(4,5)6;1-2/h8H,1-6H3;2H,1H3. The summed E-state index contributed by atoms with van der Waals surface area (Å²) in [6.45, 7) is 12.0. The third-order valence-corrected chi connectivity index (χ3v) is 9.37. The molecule has 0 aromatic carbocycles. The molecule has 0 amide bonds. The van der Waals surface area contributed by atoms with Crippen LogP contribution in [-0.4, -0.2) is 40.7 Å². The summed E-state index contributed by atoms with van der Waals surface area (Å²) in [5, 5.41) is 7.00. The highest BCUT2D eigenvalue weighted by Crippen LogP contribution is 2.07. The van der Waals surface area contributed by atoms with Crippen molar-refractivity contribution in [2.24, 2.45) is 0 Å². The SMILES string of the molecule is CN([SiH](C)C)[Si](C)(C)C.CO. The van der Waals surface area contributed by atoms with Crippen LogP contribution in [0.1, 0.15) is 0 Å². The first kappa shape index (κ1) is 13.9. The topological polar surface area (TPSA) is 23.5 Å². The van der Waals surface area contributed by atoms with Gasteiger partial charge in [-0.05, 0) is 7.05 Å². The Hall–Kier alpha value is 0.354. The van der Waals surface area contributed by atoms with Crippen molar-refractivity contribution in [3.05, 3.63) is 0 Å². The van der Waals surface area contributed by atoms with Crippen LogP contribution in [0.5, 0.6) is 0 Å². The van der Waals surface area contributed by atoms with Crippen molar-refractivity contribution in [3.8, 4) is 0 Å². The van der Waals surface area contributed by atoms with E-state index in [0.717, 1.165) is 7.11 Å². The maximum absolute atomic E-state index is 7.00. The third-order valence-electron chi connectivity index (χ3n) is 1.83. The summed E-state index contributed by atoms with van der Waals surface area (Å²) in [6.07, 6.45) is 0. The Morgan fingerprint density at radius 2 is 1.36 bits per heavy atom. The number of hydrogen-bond acceptors (Lipinski definition) is 2. The quantitative estimate of drug-likeness (QED) is 0.669. The number of aliphatic hydroxyl groups excluding tert-OH is 1. The summed E-state index contributed by atoms with van der Waals surface area (Å²) in [5.74, 6) is 0. The van der Waals surface area contributed by atoms with Crippen LogP contribution in [0.15, 0.2) is 0 Å². The number of nitrogens with zero attached hydrogens (tertiary/aromatic N) is 1. The second-order valence-corrected chi connectivity index (χ2v) is 12.4. The minimum absolute atomic E-state index is 0.495. The van der Waals surface area contributed by atoms with Crippen LogP contribution < -0.4 is 0 Å². The molecule has 70 valence electrons. The lowest BCUT2D eigenvalue weighted by Gasteiger charge is -2.33. The van der Waals surface area contributed by atoms with Crippen molar-refractivity contribution in [1.82, 2.24) is 4.23 Å². The molecule has 11 heavy (non-hydrogen) atoms. The maximum Gasteiger partial charge on any atom is 0.111 e. The molecule has 0 rings (SSSR count). The van der Waals surface area contributed by atoms with Gasteiger partial charge >= 0.3 is 0 Å². The molecule has 0 aromatic rings. The van der Waals surface area contributed by atoms with E-state index in [2.05, 4.69) is 44.0 Å². The van der Waals surface area contributed by atoms with Crippen molar-refractivity contribution in [3.63, 3.8) is 0 Å². The zero-order valence-electron chi connectivity index (χ0n) is 8.97. The lowest BCUT2D eigenvalue weighted by molar-refractivity contribution is 0.399. The summed E-state index contributed by atoms with van der Waals surface area (Å²) in [5.41, 5.74) is 0. The van der Waals surface area contributed by atoms with E-state index < -0.39 is 17.2 Å². The van der Waals surface area contributed by atoms with Gasteiger partial charge in [-0.15, -0.1) is 0 Å². The van der Waals surface area contributed by atoms with Crippen molar-refractivity contribution in [1.29, 1.82) is 0 Å². The monoisotopic (exact) mass is 193 g/mol. The summed E-state index contributed by atoms with van der Waals surface area (Å²) in [7, 11) is 1.86. The van der Waals surface area contributed by atoms with E-state index in [1.165, 1.54) is 0 Å². The Morgan fingerprint density at radius 1 is 1.09 bits per heavy atom. The first-order chi connectivity index (χ1) is 4.85. The van der Waals surface area contributed by atoms with E-state index >= 15 is 0 Å².